The van der Waals surface area contributed by atoms with Gasteiger partial charge in [-0.3, -0.25) is 9.59 Å². The number of carbonyl (C=O) groups is 2. The van der Waals surface area contributed by atoms with E-state index in [1.807, 2.05) is 43.3 Å². The molecule has 6 nitrogen and oxygen atoms in total. The van der Waals surface area contributed by atoms with Crippen molar-refractivity contribution in [1.82, 2.24) is 4.90 Å². The van der Waals surface area contributed by atoms with Crippen LogP contribution in [0.5, 0.6) is 0 Å². The van der Waals surface area contributed by atoms with Crippen molar-refractivity contribution in [2.75, 3.05) is 31.2 Å². The Hall–Kier alpha value is -3.17. The highest BCUT2D eigenvalue weighted by Crippen LogP contribution is 2.25. The maximum atomic E-state index is 12.8. The fourth-order valence-corrected chi connectivity index (χ4v) is 3.43. The predicted octanol–water partition coefficient (Wildman–Crippen LogP) is 2.38. The molecule has 28 heavy (non-hydrogen) atoms. The number of rotatable bonds is 6. The SMILES string of the molecule is CCOCC(=O)N1CC(=O)N(c2ccccc2C#N)CC1Cc1ccccc1. The molecule has 144 valence electrons. The topological polar surface area (TPSA) is 73.6 Å². The second kappa shape index (κ2) is 9.16. The smallest absolute Gasteiger partial charge is 0.249 e. The quantitative estimate of drug-likeness (QED) is 0.775. The monoisotopic (exact) mass is 377 g/mol. The summed E-state index contributed by atoms with van der Waals surface area (Å²) in [4.78, 5) is 28.7. The summed E-state index contributed by atoms with van der Waals surface area (Å²) in [6.07, 6.45) is 0.622. The van der Waals surface area contributed by atoms with Crippen molar-refractivity contribution in [1.29, 1.82) is 5.26 Å². The molecule has 1 atom stereocenters. The molecule has 0 saturated carbocycles. The highest BCUT2D eigenvalue weighted by molar-refractivity contribution is 5.99. The summed E-state index contributed by atoms with van der Waals surface area (Å²) in [5.41, 5.74) is 2.12. The van der Waals surface area contributed by atoms with E-state index in [9.17, 15) is 14.9 Å². The van der Waals surface area contributed by atoms with Gasteiger partial charge < -0.3 is 14.5 Å². The Morgan fingerprint density at radius 3 is 2.61 bits per heavy atom. The van der Waals surface area contributed by atoms with Crippen LogP contribution in [0.15, 0.2) is 54.6 Å². The molecule has 0 aliphatic carbocycles. The lowest BCUT2D eigenvalue weighted by Crippen LogP contribution is -2.59. The number of amides is 2. The van der Waals surface area contributed by atoms with Gasteiger partial charge in [0.15, 0.2) is 0 Å². The van der Waals surface area contributed by atoms with Crippen molar-refractivity contribution in [2.45, 2.75) is 19.4 Å². The molecule has 1 aliphatic rings. The molecule has 2 aromatic carbocycles. The van der Waals surface area contributed by atoms with Crippen LogP contribution in [0.25, 0.3) is 0 Å². The zero-order valence-electron chi connectivity index (χ0n) is 15.9. The predicted molar refractivity (Wildman–Crippen MR) is 106 cm³/mol. The van der Waals surface area contributed by atoms with Gasteiger partial charge in [-0.25, -0.2) is 0 Å². The first-order chi connectivity index (χ1) is 13.6. The molecule has 0 bridgehead atoms. The molecule has 1 fully saturated rings. The summed E-state index contributed by atoms with van der Waals surface area (Å²) in [6, 6.07) is 18.9. The molecule has 3 rings (SSSR count). The van der Waals surface area contributed by atoms with Crippen molar-refractivity contribution in [3.05, 3.63) is 65.7 Å². The van der Waals surface area contributed by atoms with Crippen LogP contribution in [0.1, 0.15) is 18.1 Å². The van der Waals surface area contributed by atoms with Crippen LogP contribution in [0.4, 0.5) is 5.69 Å². The molecule has 1 heterocycles. The molecule has 1 aliphatic heterocycles. The average molecular weight is 377 g/mol. The van der Waals surface area contributed by atoms with E-state index in [2.05, 4.69) is 6.07 Å². The number of nitrogens with zero attached hydrogens (tertiary/aromatic N) is 3. The molecular weight excluding hydrogens is 354 g/mol. The van der Waals surface area contributed by atoms with E-state index < -0.39 is 0 Å². The number of nitriles is 1. The van der Waals surface area contributed by atoms with Crippen molar-refractivity contribution >= 4 is 17.5 Å². The third-order valence-electron chi connectivity index (χ3n) is 4.82. The van der Waals surface area contributed by atoms with Gasteiger partial charge in [0.1, 0.15) is 19.2 Å². The van der Waals surface area contributed by atoms with Crippen molar-refractivity contribution < 1.29 is 14.3 Å². The van der Waals surface area contributed by atoms with Gasteiger partial charge in [0, 0.05) is 13.2 Å². The van der Waals surface area contributed by atoms with Crippen molar-refractivity contribution in [2.24, 2.45) is 0 Å². The van der Waals surface area contributed by atoms with Crippen LogP contribution in [-0.4, -0.2) is 49.1 Å². The largest absolute Gasteiger partial charge is 0.372 e. The van der Waals surface area contributed by atoms with Gasteiger partial charge in [-0.05, 0) is 31.0 Å². The summed E-state index contributed by atoms with van der Waals surface area (Å²) in [5.74, 6) is -0.388. The minimum Gasteiger partial charge on any atom is -0.372 e. The first-order valence-electron chi connectivity index (χ1n) is 9.34. The Morgan fingerprint density at radius 1 is 1.18 bits per heavy atom. The van der Waals surface area contributed by atoms with Crippen LogP contribution in [0.3, 0.4) is 0 Å². The summed E-state index contributed by atoms with van der Waals surface area (Å²) < 4.78 is 5.27. The Balaban J connectivity index is 1.88. The molecule has 1 saturated heterocycles. The lowest BCUT2D eigenvalue weighted by Gasteiger charge is -2.41. The van der Waals surface area contributed by atoms with E-state index in [1.54, 1.807) is 28.0 Å². The highest BCUT2D eigenvalue weighted by Gasteiger charge is 2.36. The number of hydrogen-bond acceptors (Lipinski definition) is 4. The van der Waals surface area contributed by atoms with E-state index in [1.165, 1.54) is 0 Å². The van der Waals surface area contributed by atoms with E-state index in [0.29, 0.717) is 30.8 Å². The third kappa shape index (κ3) is 4.38. The van der Waals surface area contributed by atoms with Crippen molar-refractivity contribution in [3.8, 4) is 6.07 Å². The Labute approximate surface area is 164 Å². The number of benzene rings is 2. The average Bonchev–Trinajstić information content (AvgIpc) is 2.73. The van der Waals surface area contributed by atoms with Gasteiger partial charge >= 0.3 is 0 Å². The first kappa shape index (κ1) is 19.6. The van der Waals surface area contributed by atoms with Gasteiger partial charge in [0.2, 0.25) is 11.8 Å². The minimum absolute atomic E-state index is 0.0246. The van der Waals surface area contributed by atoms with E-state index in [4.69, 9.17) is 4.74 Å². The maximum Gasteiger partial charge on any atom is 0.249 e. The van der Waals surface area contributed by atoms with Crippen LogP contribution < -0.4 is 4.90 Å². The normalized spacial score (nSPS) is 16.7. The number of piperazine rings is 1. The summed E-state index contributed by atoms with van der Waals surface area (Å²) >= 11 is 0. The molecule has 2 aromatic rings. The minimum atomic E-state index is -0.197. The van der Waals surface area contributed by atoms with Crippen LogP contribution in [0, 0.1) is 11.3 Å². The molecule has 0 radical (unpaired) electrons. The van der Waals surface area contributed by atoms with Crippen LogP contribution in [-0.2, 0) is 20.7 Å². The molecule has 1 unspecified atom stereocenters. The van der Waals surface area contributed by atoms with Crippen LogP contribution >= 0.6 is 0 Å². The summed E-state index contributed by atoms with van der Waals surface area (Å²) in [5, 5.41) is 9.40. The number of para-hydroxylation sites is 1. The number of hydrogen-bond donors (Lipinski definition) is 0. The highest BCUT2D eigenvalue weighted by atomic mass is 16.5. The van der Waals surface area contributed by atoms with E-state index >= 15 is 0 Å². The summed E-state index contributed by atoms with van der Waals surface area (Å²) in [6.45, 7) is 2.55. The lowest BCUT2D eigenvalue weighted by molar-refractivity contribution is -0.143. The molecule has 2 amide bonds. The molecule has 0 spiro atoms. The standard InChI is InChI=1S/C22H23N3O3/c1-2-28-16-22(27)24-15-21(26)25(20-11-7-6-10-18(20)13-23)14-19(24)12-17-8-4-3-5-9-17/h3-11,19H,2,12,14-16H2,1H3. The zero-order chi connectivity index (χ0) is 19.9. The lowest BCUT2D eigenvalue weighted by atomic mass is 10.0. The Morgan fingerprint density at radius 2 is 1.89 bits per heavy atom. The fraction of sp³-hybridized carbons (Fsp3) is 0.318. The van der Waals surface area contributed by atoms with E-state index in [0.717, 1.165) is 5.56 Å². The second-order valence-electron chi connectivity index (χ2n) is 6.64. The number of carbonyl (C=O) groups excluding carboxylic acids is 2. The van der Waals surface area contributed by atoms with Gasteiger partial charge in [-0.2, -0.15) is 5.26 Å². The fourth-order valence-electron chi connectivity index (χ4n) is 3.43. The van der Waals surface area contributed by atoms with Gasteiger partial charge in [-0.1, -0.05) is 42.5 Å². The second-order valence-corrected chi connectivity index (χ2v) is 6.64. The van der Waals surface area contributed by atoms with E-state index in [-0.39, 0.29) is 31.0 Å². The molecule has 0 aromatic heterocycles. The summed E-state index contributed by atoms with van der Waals surface area (Å²) in [7, 11) is 0. The Kier molecular flexibility index (Phi) is 6.41. The third-order valence-corrected chi connectivity index (χ3v) is 4.82. The number of anilines is 1. The Bertz CT molecular complexity index is 876. The number of ether oxygens (including phenoxy) is 1. The van der Waals surface area contributed by atoms with Gasteiger partial charge in [0.05, 0.1) is 17.3 Å². The van der Waals surface area contributed by atoms with Gasteiger partial charge in [-0.15, -0.1) is 0 Å². The maximum absolute atomic E-state index is 12.8. The van der Waals surface area contributed by atoms with Gasteiger partial charge in [0.25, 0.3) is 0 Å². The first-order valence-corrected chi connectivity index (χ1v) is 9.34. The zero-order valence-corrected chi connectivity index (χ0v) is 15.9. The molecule has 0 N–H and O–H groups in total. The molecular formula is C22H23N3O3. The molecule has 6 heteroatoms. The van der Waals surface area contributed by atoms with Crippen LogP contribution in [0.2, 0.25) is 0 Å². The van der Waals surface area contributed by atoms with Crippen molar-refractivity contribution in [3.63, 3.8) is 0 Å².